The molecule has 0 unspecified atom stereocenters. The molecule has 0 bridgehead atoms. The molecule has 6 nitrogen and oxygen atoms in total. The Balaban J connectivity index is 1.41. The van der Waals surface area contributed by atoms with Gasteiger partial charge in [0.15, 0.2) is 0 Å². The summed E-state index contributed by atoms with van der Waals surface area (Å²) >= 11 is 0. The van der Waals surface area contributed by atoms with Gasteiger partial charge in [0.2, 0.25) is 0 Å². The molecule has 1 aromatic carbocycles. The molecule has 0 spiro atoms. The highest BCUT2D eigenvalue weighted by molar-refractivity contribution is 5.96. The van der Waals surface area contributed by atoms with E-state index < -0.39 is 0 Å². The molecule has 1 aliphatic carbocycles. The van der Waals surface area contributed by atoms with E-state index in [2.05, 4.69) is 47.2 Å². The van der Waals surface area contributed by atoms with Crippen molar-refractivity contribution in [2.45, 2.75) is 32.7 Å². The predicted molar refractivity (Wildman–Crippen MR) is 109 cm³/mol. The second kappa shape index (κ2) is 7.62. The van der Waals surface area contributed by atoms with Crippen molar-refractivity contribution >= 4 is 17.5 Å². The normalized spacial score (nSPS) is 16.8. The van der Waals surface area contributed by atoms with Gasteiger partial charge in [-0.15, -0.1) is 0 Å². The lowest BCUT2D eigenvalue weighted by Gasteiger charge is -2.37. The summed E-state index contributed by atoms with van der Waals surface area (Å²) in [6.07, 6.45) is 2.05. The SMILES string of the molecule is Cc1cccc(N2CCN(C(=O)c3cccc(C(=O)NC4CC4)n3)CC2)c1C. The molecule has 2 aliphatic rings. The van der Waals surface area contributed by atoms with Crippen molar-refractivity contribution in [1.29, 1.82) is 0 Å². The highest BCUT2D eigenvalue weighted by atomic mass is 16.2. The standard InChI is InChI=1S/C22H26N4O2/c1-15-5-3-8-20(16(15)2)25-11-13-26(14-12-25)22(28)19-7-4-6-18(24-19)21(27)23-17-9-10-17/h3-8,17H,9-14H2,1-2H3,(H,23,27). The number of nitrogens with zero attached hydrogens (tertiary/aromatic N) is 3. The third-order valence-electron chi connectivity index (χ3n) is 5.60. The molecule has 2 fully saturated rings. The number of aromatic nitrogens is 1. The Kier molecular flexibility index (Phi) is 5.03. The van der Waals surface area contributed by atoms with Crippen molar-refractivity contribution in [3.05, 3.63) is 58.9 Å². The Morgan fingerprint density at radius 1 is 0.964 bits per heavy atom. The van der Waals surface area contributed by atoms with Crippen molar-refractivity contribution in [2.24, 2.45) is 0 Å². The van der Waals surface area contributed by atoms with Crippen LogP contribution >= 0.6 is 0 Å². The number of rotatable bonds is 4. The zero-order chi connectivity index (χ0) is 19.7. The first-order chi connectivity index (χ1) is 13.5. The maximum Gasteiger partial charge on any atom is 0.272 e. The lowest BCUT2D eigenvalue weighted by Crippen LogP contribution is -2.49. The van der Waals surface area contributed by atoms with Crippen LogP contribution in [-0.2, 0) is 0 Å². The first-order valence-electron chi connectivity index (χ1n) is 9.91. The minimum atomic E-state index is -0.197. The second-order valence-corrected chi connectivity index (χ2v) is 7.65. The maximum absolute atomic E-state index is 12.9. The minimum Gasteiger partial charge on any atom is -0.368 e. The molecular weight excluding hydrogens is 352 g/mol. The van der Waals surface area contributed by atoms with Crippen LogP contribution in [0.4, 0.5) is 5.69 Å². The minimum absolute atomic E-state index is 0.110. The van der Waals surface area contributed by atoms with Gasteiger partial charge in [-0.1, -0.05) is 18.2 Å². The summed E-state index contributed by atoms with van der Waals surface area (Å²) in [5.41, 5.74) is 4.46. The third-order valence-corrected chi connectivity index (χ3v) is 5.60. The number of carbonyl (C=O) groups is 2. The van der Waals surface area contributed by atoms with E-state index in [-0.39, 0.29) is 17.9 Å². The lowest BCUT2D eigenvalue weighted by molar-refractivity contribution is 0.0740. The van der Waals surface area contributed by atoms with E-state index in [0.29, 0.717) is 24.5 Å². The summed E-state index contributed by atoms with van der Waals surface area (Å²) in [7, 11) is 0. The average Bonchev–Trinajstić information content (AvgIpc) is 3.54. The van der Waals surface area contributed by atoms with Crippen molar-refractivity contribution in [3.8, 4) is 0 Å². The van der Waals surface area contributed by atoms with Crippen LogP contribution in [0.5, 0.6) is 0 Å². The molecule has 1 saturated heterocycles. The molecule has 0 radical (unpaired) electrons. The summed E-state index contributed by atoms with van der Waals surface area (Å²) in [6, 6.07) is 11.7. The Hall–Kier alpha value is -2.89. The number of hydrogen-bond acceptors (Lipinski definition) is 4. The number of aryl methyl sites for hydroxylation is 1. The summed E-state index contributed by atoms with van der Waals surface area (Å²) < 4.78 is 0. The molecule has 28 heavy (non-hydrogen) atoms. The number of nitrogens with one attached hydrogen (secondary N) is 1. The molecule has 2 heterocycles. The van der Waals surface area contributed by atoms with E-state index in [4.69, 9.17) is 0 Å². The first kappa shape index (κ1) is 18.5. The molecule has 0 atom stereocenters. The molecule has 4 rings (SSSR count). The summed E-state index contributed by atoms with van der Waals surface area (Å²) in [5.74, 6) is -0.307. The van der Waals surface area contributed by atoms with Gasteiger partial charge in [0, 0.05) is 37.9 Å². The topological polar surface area (TPSA) is 65.5 Å². The Bertz CT molecular complexity index is 899. The highest BCUT2D eigenvalue weighted by Gasteiger charge is 2.26. The Morgan fingerprint density at radius 3 is 2.36 bits per heavy atom. The van der Waals surface area contributed by atoms with Crippen LogP contribution < -0.4 is 10.2 Å². The molecule has 146 valence electrons. The summed E-state index contributed by atoms with van der Waals surface area (Å²) in [6.45, 7) is 7.13. The van der Waals surface area contributed by atoms with Crippen LogP contribution in [0.2, 0.25) is 0 Å². The quantitative estimate of drug-likeness (QED) is 0.888. The van der Waals surface area contributed by atoms with Gasteiger partial charge in [-0.2, -0.15) is 0 Å². The monoisotopic (exact) mass is 378 g/mol. The Labute approximate surface area is 165 Å². The molecule has 2 amide bonds. The number of hydrogen-bond donors (Lipinski definition) is 1. The fraction of sp³-hybridized carbons (Fsp3) is 0.409. The fourth-order valence-corrected chi connectivity index (χ4v) is 3.56. The predicted octanol–water partition coefficient (Wildman–Crippen LogP) is 2.55. The fourth-order valence-electron chi connectivity index (χ4n) is 3.56. The highest BCUT2D eigenvalue weighted by Crippen LogP contribution is 2.24. The number of amides is 2. The molecule has 6 heteroatoms. The molecule has 1 N–H and O–H groups in total. The Morgan fingerprint density at radius 2 is 1.64 bits per heavy atom. The molecule has 1 aliphatic heterocycles. The van der Waals surface area contributed by atoms with Crippen molar-refractivity contribution < 1.29 is 9.59 Å². The van der Waals surface area contributed by atoms with Gasteiger partial charge in [0.25, 0.3) is 11.8 Å². The zero-order valence-corrected chi connectivity index (χ0v) is 16.4. The van der Waals surface area contributed by atoms with Gasteiger partial charge >= 0.3 is 0 Å². The molecule has 1 saturated carbocycles. The van der Waals surface area contributed by atoms with Gasteiger partial charge < -0.3 is 15.1 Å². The van der Waals surface area contributed by atoms with Gasteiger partial charge in [-0.3, -0.25) is 9.59 Å². The summed E-state index contributed by atoms with van der Waals surface area (Å²) in [5, 5.41) is 2.92. The average molecular weight is 378 g/mol. The van der Waals surface area contributed by atoms with Crippen molar-refractivity contribution in [3.63, 3.8) is 0 Å². The lowest BCUT2D eigenvalue weighted by atomic mass is 10.1. The zero-order valence-electron chi connectivity index (χ0n) is 16.4. The number of piperazine rings is 1. The van der Waals surface area contributed by atoms with E-state index in [0.717, 1.165) is 25.9 Å². The van der Waals surface area contributed by atoms with Crippen LogP contribution in [0, 0.1) is 13.8 Å². The third kappa shape index (κ3) is 3.86. The molecule has 2 aromatic rings. The van der Waals surface area contributed by atoms with Crippen molar-refractivity contribution in [1.82, 2.24) is 15.2 Å². The van der Waals surface area contributed by atoms with E-state index >= 15 is 0 Å². The van der Waals surface area contributed by atoms with Crippen LogP contribution in [0.1, 0.15) is 44.9 Å². The largest absolute Gasteiger partial charge is 0.368 e. The van der Waals surface area contributed by atoms with E-state index in [9.17, 15) is 9.59 Å². The molecular formula is C22H26N4O2. The second-order valence-electron chi connectivity index (χ2n) is 7.65. The number of pyridine rings is 1. The van der Waals surface area contributed by atoms with Gasteiger partial charge in [-0.25, -0.2) is 4.98 Å². The van der Waals surface area contributed by atoms with E-state index in [1.54, 1.807) is 18.2 Å². The molecule has 1 aromatic heterocycles. The van der Waals surface area contributed by atoms with Gasteiger partial charge in [0.1, 0.15) is 11.4 Å². The number of anilines is 1. The van der Waals surface area contributed by atoms with Gasteiger partial charge in [0.05, 0.1) is 0 Å². The van der Waals surface area contributed by atoms with E-state index in [1.165, 1.54) is 16.8 Å². The van der Waals surface area contributed by atoms with Crippen molar-refractivity contribution in [2.75, 3.05) is 31.1 Å². The number of carbonyl (C=O) groups excluding carboxylic acids is 2. The summed E-state index contributed by atoms with van der Waals surface area (Å²) in [4.78, 5) is 33.6. The maximum atomic E-state index is 12.9. The van der Waals surface area contributed by atoms with E-state index in [1.807, 2.05) is 4.90 Å². The van der Waals surface area contributed by atoms with Gasteiger partial charge in [-0.05, 0) is 56.0 Å². The smallest absolute Gasteiger partial charge is 0.272 e. The van der Waals surface area contributed by atoms with Crippen LogP contribution in [-0.4, -0.2) is 53.9 Å². The van der Waals surface area contributed by atoms with Crippen LogP contribution in [0.25, 0.3) is 0 Å². The van der Waals surface area contributed by atoms with Crippen LogP contribution in [0.3, 0.4) is 0 Å². The number of benzene rings is 1. The first-order valence-corrected chi connectivity index (χ1v) is 9.91. The van der Waals surface area contributed by atoms with Crippen LogP contribution in [0.15, 0.2) is 36.4 Å².